The number of carbonyl (C=O) groups excluding carboxylic acids is 1. The minimum Gasteiger partial charge on any atom is -0.493 e. The summed E-state index contributed by atoms with van der Waals surface area (Å²) in [6, 6.07) is -1.57. The first-order valence-electron chi connectivity index (χ1n) is 10.7. The van der Waals surface area contributed by atoms with E-state index in [9.17, 15) is 4.79 Å². The minimum atomic E-state index is -2.91. The molecule has 1 saturated heterocycles. The van der Waals surface area contributed by atoms with Crippen LogP contribution in [0, 0.1) is 0 Å². The van der Waals surface area contributed by atoms with Crippen molar-refractivity contribution in [2.24, 2.45) is 0 Å². The average molecular weight is 283 g/mol. The van der Waals surface area contributed by atoms with E-state index in [4.69, 9.17) is 20.4 Å². The molecule has 1 aromatic carbocycles. The Hall–Kier alpha value is -1.71. The Morgan fingerprint density at radius 1 is 1.40 bits per heavy atom. The number of hydrogen-bond acceptors (Lipinski definition) is 3. The fraction of sp³-hybridized carbons (Fsp3) is 0.562. The molecule has 1 amide bonds. The van der Waals surface area contributed by atoms with Gasteiger partial charge in [-0.2, -0.15) is 0 Å². The Bertz CT molecular complexity index is 789. The maximum atomic E-state index is 11.8. The molecule has 1 unspecified atom stereocenters. The molecule has 0 bridgehead atoms. The van der Waals surface area contributed by atoms with Gasteiger partial charge < -0.3 is 14.8 Å². The molecule has 0 radical (unpaired) electrons. The molecule has 1 saturated carbocycles. The summed E-state index contributed by atoms with van der Waals surface area (Å²) in [7, 11) is -2.91. The summed E-state index contributed by atoms with van der Waals surface area (Å²) < 4.78 is 73.7. The van der Waals surface area contributed by atoms with E-state index in [-0.39, 0.29) is 24.0 Å². The summed E-state index contributed by atoms with van der Waals surface area (Å²) >= 11 is 0. The van der Waals surface area contributed by atoms with Gasteiger partial charge in [0.05, 0.1) is 21.4 Å². The zero-order valence-electron chi connectivity index (χ0n) is 18.9. The molecule has 2 aliphatic rings. The van der Waals surface area contributed by atoms with Crippen molar-refractivity contribution in [3.05, 3.63) is 23.7 Å². The van der Waals surface area contributed by atoms with Crippen LogP contribution in [0.4, 0.5) is 0 Å². The first-order valence-corrected chi connectivity index (χ1v) is 6.71. The number of methoxy groups -OCH3 is 1. The second kappa shape index (κ2) is 5.73. The molecule has 3 rings (SSSR count). The van der Waals surface area contributed by atoms with Gasteiger partial charge in [0.25, 0.3) is 0 Å². The van der Waals surface area contributed by atoms with Crippen molar-refractivity contribution in [3.8, 4) is 11.5 Å². The van der Waals surface area contributed by atoms with Crippen LogP contribution in [0.15, 0.2) is 18.1 Å². The highest BCUT2D eigenvalue weighted by atomic mass is 16.5. The fourth-order valence-corrected chi connectivity index (χ4v) is 2.52. The van der Waals surface area contributed by atoms with Crippen LogP contribution in [0.1, 0.15) is 54.5 Å². The SMILES string of the molecule is [2H]c1c([2H])c(C2CNC(=O)C2([2H])[2H])c([2H])c(OC2CCCC2)c1OC([2H])([2H])[2H]. The van der Waals surface area contributed by atoms with E-state index in [1.807, 2.05) is 0 Å². The normalized spacial score (nSPS) is 31.8. The van der Waals surface area contributed by atoms with Crippen LogP contribution < -0.4 is 14.8 Å². The van der Waals surface area contributed by atoms with Gasteiger partial charge in [-0.25, -0.2) is 0 Å². The summed E-state index contributed by atoms with van der Waals surface area (Å²) in [6.45, 7) is -0.134. The number of nitrogens with one attached hydrogen (secondary N) is 1. The van der Waals surface area contributed by atoms with E-state index in [1.165, 1.54) is 0 Å². The molecule has 20 heavy (non-hydrogen) atoms. The predicted octanol–water partition coefficient (Wildman–Crippen LogP) is 2.62. The van der Waals surface area contributed by atoms with Gasteiger partial charge in [0, 0.05) is 21.6 Å². The van der Waals surface area contributed by atoms with Crippen molar-refractivity contribution in [2.75, 3.05) is 13.6 Å². The Labute approximate surface area is 130 Å². The van der Waals surface area contributed by atoms with Crippen molar-refractivity contribution in [1.29, 1.82) is 0 Å². The second-order valence-corrected chi connectivity index (χ2v) is 4.98. The van der Waals surface area contributed by atoms with E-state index in [2.05, 4.69) is 5.32 Å². The van der Waals surface area contributed by atoms with E-state index in [0.29, 0.717) is 12.8 Å². The number of rotatable bonds is 4. The third-order valence-electron chi connectivity index (χ3n) is 3.57. The molecule has 1 aromatic rings. The number of amides is 1. The number of ether oxygens (including phenoxy) is 2. The largest absolute Gasteiger partial charge is 0.493 e. The molecular weight excluding hydrogens is 254 g/mol. The van der Waals surface area contributed by atoms with Crippen LogP contribution >= 0.6 is 0 Å². The molecule has 1 aliphatic heterocycles. The number of carbonyl (C=O) groups is 1. The van der Waals surface area contributed by atoms with E-state index >= 15 is 0 Å². The summed E-state index contributed by atoms with van der Waals surface area (Å²) in [6.07, 6.45) is 0.564. The molecule has 0 aromatic heterocycles. The summed E-state index contributed by atoms with van der Waals surface area (Å²) in [5.41, 5.74) is -0.167. The highest BCUT2D eigenvalue weighted by Crippen LogP contribution is 2.35. The number of benzene rings is 1. The Kier molecular flexibility index (Phi) is 1.96. The standard InChI is InChI=1S/C16H21NO3/c1-19-14-7-6-11(12-9-16(18)17-10-12)8-15(14)20-13-4-2-3-5-13/h6-8,12-13H,2-5,9-10H2,1H3,(H,17,18)/i1D3,6D,7D,8D,9D2. The molecule has 1 atom stereocenters. The van der Waals surface area contributed by atoms with E-state index in [1.54, 1.807) is 0 Å². The molecule has 4 nitrogen and oxygen atoms in total. The maximum Gasteiger partial charge on any atom is 0.220 e. The van der Waals surface area contributed by atoms with Gasteiger partial charge in [-0.1, -0.05) is 6.04 Å². The van der Waals surface area contributed by atoms with Crippen LogP contribution in [0.25, 0.3) is 0 Å². The summed E-state index contributed by atoms with van der Waals surface area (Å²) in [5.74, 6) is -2.83. The minimum absolute atomic E-state index is 0.134. The third kappa shape index (κ3) is 2.74. The monoisotopic (exact) mass is 283 g/mol. The Morgan fingerprint density at radius 3 is 2.95 bits per heavy atom. The molecule has 0 spiro atoms. The average Bonchev–Trinajstić information content (AvgIpc) is 3.18. The zero-order valence-corrected chi connectivity index (χ0v) is 10.9. The smallest absolute Gasteiger partial charge is 0.220 e. The summed E-state index contributed by atoms with van der Waals surface area (Å²) in [5, 5.41) is 2.37. The molecule has 4 heteroatoms. The fourth-order valence-electron chi connectivity index (χ4n) is 2.52. The lowest BCUT2D eigenvalue weighted by Gasteiger charge is -2.18. The zero-order chi connectivity index (χ0) is 20.9. The molecule has 108 valence electrons. The lowest BCUT2D eigenvalue weighted by Crippen LogP contribution is -2.14. The van der Waals surface area contributed by atoms with Crippen LogP contribution in [-0.4, -0.2) is 25.6 Å². The molecule has 1 N–H and O–H groups in total. The van der Waals surface area contributed by atoms with Gasteiger partial charge in [0.2, 0.25) is 5.91 Å². The van der Waals surface area contributed by atoms with Gasteiger partial charge in [-0.15, -0.1) is 0 Å². The van der Waals surface area contributed by atoms with E-state index in [0.717, 1.165) is 12.8 Å². The Balaban J connectivity index is 2.16. The lowest BCUT2D eigenvalue weighted by molar-refractivity contribution is -0.119. The van der Waals surface area contributed by atoms with Gasteiger partial charge >= 0.3 is 0 Å². The molecular formula is C16H21NO3. The topological polar surface area (TPSA) is 47.6 Å². The quantitative estimate of drug-likeness (QED) is 0.924. The number of hydrogen-bond donors (Lipinski definition) is 1. The van der Waals surface area contributed by atoms with Crippen molar-refractivity contribution < 1.29 is 25.2 Å². The lowest BCUT2D eigenvalue weighted by atomic mass is 9.98. The van der Waals surface area contributed by atoms with Crippen LogP contribution in [0.2, 0.25) is 0 Å². The third-order valence-corrected chi connectivity index (χ3v) is 3.57. The Morgan fingerprint density at radius 2 is 2.25 bits per heavy atom. The predicted molar refractivity (Wildman–Crippen MR) is 76.2 cm³/mol. The first-order chi connectivity index (χ1) is 12.9. The molecule has 1 aliphatic carbocycles. The van der Waals surface area contributed by atoms with Gasteiger partial charge in [-0.3, -0.25) is 4.79 Å². The van der Waals surface area contributed by atoms with Crippen LogP contribution in [0.3, 0.4) is 0 Å². The molecule has 1 heterocycles. The maximum absolute atomic E-state index is 11.8. The first kappa shape index (κ1) is 6.83. The summed E-state index contributed by atoms with van der Waals surface area (Å²) in [4.78, 5) is 11.8. The second-order valence-electron chi connectivity index (χ2n) is 4.98. The molecule has 2 fully saturated rings. The van der Waals surface area contributed by atoms with Crippen LogP contribution in [0.5, 0.6) is 11.5 Å². The van der Waals surface area contributed by atoms with Crippen molar-refractivity contribution >= 4 is 5.91 Å². The van der Waals surface area contributed by atoms with Gasteiger partial charge in [0.1, 0.15) is 0 Å². The van der Waals surface area contributed by atoms with Crippen molar-refractivity contribution in [1.82, 2.24) is 5.32 Å². The van der Waals surface area contributed by atoms with Crippen molar-refractivity contribution in [2.45, 2.75) is 44.1 Å². The van der Waals surface area contributed by atoms with E-state index < -0.39 is 49.1 Å². The van der Waals surface area contributed by atoms with Crippen LogP contribution in [-0.2, 0) is 4.79 Å². The highest BCUT2D eigenvalue weighted by molar-refractivity contribution is 5.79. The highest BCUT2D eigenvalue weighted by Gasteiger charge is 2.25. The van der Waals surface area contributed by atoms with Gasteiger partial charge in [0.15, 0.2) is 11.5 Å². The van der Waals surface area contributed by atoms with Gasteiger partial charge in [-0.05, 0) is 43.3 Å². The van der Waals surface area contributed by atoms with Crippen molar-refractivity contribution in [3.63, 3.8) is 0 Å².